The van der Waals surface area contributed by atoms with Crippen LogP contribution in [0.5, 0.6) is 0 Å². The van der Waals surface area contributed by atoms with E-state index in [0.29, 0.717) is 21.6 Å². The van der Waals surface area contributed by atoms with Crippen molar-refractivity contribution in [2.24, 2.45) is 0 Å². The molecule has 0 radical (unpaired) electrons. The molecule has 3 rings (SSSR count). The van der Waals surface area contributed by atoms with Crippen LogP contribution in [0.15, 0.2) is 54.6 Å². The fourth-order valence-electron chi connectivity index (χ4n) is 2.20. The van der Waals surface area contributed by atoms with Gasteiger partial charge in [0.2, 0.25) is 0 Å². The first-order valence-electron chi connectivity index (χ1n) is 6.49. The second-order valence-corrected chi connectivity index (χ2v) is 6.00. The molecule has 0 unspecified atom stereocenters. The molecule has 0 saturated heterocycles. The van der Waals surface area contributed by atoms with E-state index >= 15 is 0 Å². The lowest BCUT2D eigenvalue weighted by atomic mass is 10.1. The van der Waals surface area contributed by atoms with Crippen LogP contribution in [0, 0.1) is 0 Å². The van der Waals surface area contributed by atoms with Crippen LogP contribution < -0.4 is 5.32 Å². The Morgan fingerprint density at radius 3 is 2.24 bits per heavy atom. The minimum Gasteiger partial charge on any atom is -0.380 e. The summed E-state index contributed by atoms with van der Waals surface area (Å²) in [6.07, 6.45) is 0. The van der Waals surface area contributed by atoms with E-state index in [-0.39, 0.29) is 0 Å². The van der Waals surface area contributed by atoms with Crippen molar-refractivity contribution in [3.05, 3.63) is 75.2 Å². The molecule has 1 nitrogen and oxygen atoms in total. The molecule has 0 spiro atoms. The van der Waals surface area contributed by atoms with Crippen LogP contribution >= 0.6 is 34.8 Å². The maximum Gasteiger partial charge on any atom is 0.0653 e. The summed E-state index contributed by atoms with van der Waals surface area (Å²) in [5, 5.41) is 7.24. The Bertz CT molecular complexity index is 799. The Morgan fingerprint density at radius 1 is 0.714 bits per heavy atom. The van der Waals surface area contributed by atoms with E-state index in [1.54, 1.807) is 12.1 Å². The number of anilines is 1. The van der Waals surface area contributed by atoms with Gasteiger partial charge in [0.1, 0.15) is 0 Å². The molecule has 0 heterocycles. The third kappa shape index (κ3) is 3.26. The van der Waals surface area contributed by atoms with Crippen molar-refractivity contribution in [1.82, 2.24) is 0 Å². The van der Waals surface area contributed by atoms with Crippen molar-refractivity contribution < 1.29 is 0 Å². The quantitative estimate of drug-likeness (QED) is 0.545. The zero-order valence-electron chi connectivity index (χ0n) is 11.0. The molecule has 21 heavy (non-hydrogen) atoms. The lowest BCUT2D eigenvalue weighted by molar-refractivity contribution is 1.16. The van der Waals surface area contributed by atoms with Crippen LogP contribution in [-0.4, -0.2) is 0 Å². The van der Waals surface area contributed by atoms with E-state index in [1.165, 1.54) is 16.3 Å². The molecule has 4 heteroatoms. The van der Waals surface area contributed by atoms with Crippen molar-refractivity contribution in [2.75, 3.05) is 5.32 Å². The minimum atomic E-state index is 0.456. The van der Waals surface area contributed by atoms with Crippen molar-refractivity contribution in [3.63, 3.8) is 0 Å². The first kappa shape index (κ1) is 14.5. The maximum atomic E-state index is 6.16. The predicted molar refractivity (Wildman–Crippen MR) is 92.7 cm³/mol. The number of fused-ring (bicyclic) bond motifs is 1. The number of hydrogen-bond donors (Lipinski definition) is 1. The molecule has 1 N–H and O–H groups in total. The van der Waals surface area contributed by atoms with Gasteiger partial charge in [-0.25, -0.2) is 0 Å². The van der Waals surface area contributed by atoms with E-state index in [0.717, 1.165) is 5.69 Å². The maximum absolute atomic E-state index is 6.16. The van der Waals surface area contributed by atoms with Gasteiger partial charge in [0.05, 0.1) is 20.8 Å². The van der Waals surface area contributed by atoms with Gasteiger partial charge < -0.3 is 5.32 Å². The summed E-state index contributed by atoms with van der Waals surface area (Å²) in [6.45, 7) is 0.669. The molecule has 0 aliphatic heterocycles. The molecule has 3 aromatic carbocycles. The molecule has 0 saturated carbocycles. The second kappa shape index (κ2) is 6.15. The first-order chi connectivity index (χ1) is 10.1. The number of rotatable bonds is 3. The largest absolute Gasteiger partial charge is 0.380 e. The van der Waals surface area contributed by atoms with Crippen LogP contribution in [0.2, 0.25) is 15.1 Å². The summed E-state index contributed by atoms with van der Waals surface area (Å²) >= 11 is 18.1. The summed E-state index contributed by atoms with van der Waals surface area (Å²) in [5.74, 6) is 0. The van der Waals surface area contributed by atoms with Gasteiger partial charge in [-0.15, -0.1) is 0 Å². The van der Waals surface area contributed by atoms with E-state index in [2.05, 4.69) is 35.6 Å². The highest BCUT2D eigenvalue weighted by Gasteiger charge is 2.06. The standard InChI is InChI=1S/C17H12Cl3N/c18-14-8-16(20)17(9-15(14)19)21-10-11-5-6-12-3-1-2-4-13(12)7-11/h1-9,21H,10H2. The minimum absolute atomic E-state index is 0.456. The smallest absolute Gasteiger partial charge is 0.0653 e. The van der Waals surface area contributed by atoms with Gasteiger partial charge in [0.25, 0.3) is 0 Å². The Kier molecular flexibility index (Phi) is 4.25. The lowest BCUT2D eigenvalue weighted by Gasteiger charge is -2.10. The summed E-state index contributed by atoms with van der Waals surface area (Å²) in [7, 11) is 0. The molecule has 0 fully saturated rings. The average molecular weight is 337 g/mol. The van der Waals surface area contributed by atoms with Crippen LogP contribution in [-0.2, 0) is 6.54 Å². The highest BCUT2D eigenvalue weighted by molar-refractivity contribution is 6.44. The number of hydrogen-bond acceptors (Lipinski definition) is 1. The first-order valence-corrected chi connectivity index (χ1v) is 7.63. The van der Waals surface area contributed by atoms with Gasteiger partial charge in [0.15, 0.2) is 0 Å². The van der Waals surface area contributed by atoms with Crippen molar-refractivity contribution >= 4 is 51.3 Å². The van der Waals surface area contributed by atoms with Crippen LogP contribution in [0.4, 0.5) is 5.69 Å². The van der Waals surface area contributed by atoms with Gasteiger partial charge in [-0.2, -0.15) is 0 Å². The molecule has 3 aromatic rings. The normalized spacial score (nSPS) is 10.8. The zero-order chi connectivity index (χ0) is 14.8. The molecule has 106 valence electrons. The van der Waals surface area contributed by atoms with Gasteiger partial charge in [-0.1, -0.05) is 71.2 Å². The van der Waals surface area contributed by atoms with Crippen LogP contribution in [0.3, 0.4) is 0 Å². The van der Waals surface area contributed by atoms with E-state index in [9.17, 15) is 0 Å². The van der Waals surface area contributed by atoms with Gasteiger partial charge in [-0.3, -0.25) is 0 Å². The Morgan fingerprint density at radius 2 is 1.43 bits per heavy atom. The predicted octanol–water partition coefficient (Wildman–Crippen LogP) is 6.41. The SMILES string of the molecule is Clc1cc(Cl)c(NCc2ccc3ccccc3c2)cc1Cl. The van der Waals surface area contributed by atoms with Gasteiger partial charge in [0, 0.05) is 6.54 Å². The lowest BCUT2D eigenvalue weighted by Crippen LogP contribution is -2.00. The number of nitrogens with one attached hydrogen (secondary N) is 1. The zero-order valence-corrected chi connectivity index (χ0v) is 13.3. The number of benzene rings is 3. The van der Waals surface area contributed by atoms with Crippen molar-refractivity contribution in [1.29, 1.82) is 0 Å². The Labute approximate surface area is 138 Å². The van der Waals surface area contributed by atoms with Crippen molar-refractivity contribution in [2.45, 2.75) is 6.54 Å². The molecule has 0 atom stereocenters. The summed E-state index contributed by atoms with van der Waals surface area (Å²) in [5.41, 5.74) is 1.95. The third-order valence-corrected chi connectivity index (χ3v) is 4.34. The Balaban J connectivity index is 1.81. The fourth-order valence-corrected chi connectivity index (χ4v) is 2.82. The van der Waals surface area contributed by atoms with Gasteiger partial charge in [-0.05, 0) is 34.5 Å². The Hall–Kier alpha value is -1.41. The molecule has 0 aromatic heterocycles. The monoisotopic (exact) mass is 335 g/mol. The van der Waals surface area contributed by atoms with E-state index in [1.807, 2.05) is 12.1 Å². The van der Waals surface area contributed by atoms with Crippen molar-refractivity contribution in [3.8, 4) is 0 Å². The highest BCUT2D eigenvalue weighted by atomic mass is 35.5. The summed E-state index contributed by atoms with van der Waals surface area (Å²) in [6, 6.07) is 18.0. The number of halogens is 3. The van der Waals surface area contributed by atoms with Crippen LogP contribution in [0.25, 0.3) is 10.8 Å². The summed E-state index contributed by atoms with van der Waals surface area (Å²) in [4.78, 5) is 0. The fraction of sp³-hybridized carbons (Fsp3) is 0.0588. The van der Waals surface area contributed by atoms with E-state index in [4.69, 9.17) is 34.8 Å². The molecule has 0 bridgehead atoms. The topological polar surface area (TPSA) is 12.0 Å². The average Bonchev–Trinajstić information content (AvgIpc) is 2.49. The summed E-state index contributed by atoms with van der Waals surface area (Å²) < 4.78 is 0. The molecular weight excluding hydrogens is 325 g/mol. The highest BCUT2D eigenvalue weighted by Crippen LogP contribution is 2.32. The third-order valence-electron chi connectivity index (χ3n) is 3.31. The molecule has 0 aliphatic rings. The molecule has 0 amide bonds. The molecule has 0 aliphatic carbocycles. The second-order valence-electron chi connectivity index (χ2n) is 4.78. The molecular formula is C17H12Cl3N. The van der Waals surface area contributed by atoms with Gasteiger partial charge >= 0.3 is 0 Å². The van der Waals surface area contributed by atoms with Crippen LogP contribution in [0.1, 0.15) is 5.56 Å². The van der Waals surface area contributed by atoms with E-state index < -0.39 is 0 Å².